The minimum absolute atomic E-state index is 0.178. The molecule has 0 bridgehead atoms. The standard InChI is InChI=1S/C14H22FN/c1-4-14(2,3)12(10-16)9-11-5-7-13(15)8-6-11/h5-8,12H,4,9-10,16H2,1-3H3/t12-/m0/s1. The van der Waals surface area contributed by atoms with E-state index in [4.69, 9.17) is 5.73 Å². The predicted octanol–water partition coefficient (Wildman–Crippen LogP) is 3.38. The average Bonchev–Trinajstić information content (AvgIpc) is 2.28. The first-order chi connectivity index (χ1) is 7.49. The molecule has 1 atom stereocenters. The lowest BCUT2D eigenvalue weighted by Gasteiger charge is -2.32. The topological polar surface area (TPSA) is 26.0 Å². The Kier molecular flexibility index (Phi) is 4.48. The molecule has 0 aliphatic rings. The van der Waals surface area contributed by atoms with E-state index in [9.17, 15) is 4.39 Å². The quantitative estimate of drug-likeness (QED) is 0.813. The summed E-state index contributed by atoms with van der Waals surface area (Å²) in [5.41, 5.74) is 7.24. The maximum absolute atomic E-state index is 12.8. The Morgan fingerprint density at radius 1 is 1.25 bits per heavy atom. The molecule has 1 nitrogen and oxygen atoms in total. The van der Waals surface area contributed by atoms with Gasteiger partial charge in [-0.1, -0.05) is 39.3 Å². The SMILES string of the molecule is CCC(C)(C)[C@H](CN)Cc1ccc(F)cc1. The summed E-state index contributed by atoms with van der Waals surface area (Å²) >= 11 is 0. The third-order valence-electron chi connectivity index (χ3n) is 3.70. The molecule has 0 radical (unpaired) electrons. The highest BCUT2D eigenvalue weighted by Gasteiger charge is 2.26. The van der Waals surface area contributed by atoms with Crippen LogP contribution in [0.4, 0.5) is 4.39 Å². The van der Waals surface area contributed by atoms with Crippen molar-refractivity contribution in [3.05, 3.63) is 35.6 Å². The highest BCUT2D eigenvalue weighted by atomic mass is 19.1. The molecule has 0 fully saturated rings. The van der Waals surface area contributed by atoms with Crippen LogP contribution >= 0.6 is 0 Å². The predicted molar refractivity (Wildman–Crippen MR) is 66.7 cm³/mol. The average molecular weight is 223 g/mol. The highest BCUT2D eigenvalue weighted by molar-refractivity contribution is 5.17. The van der Waals surface area contributed by atoms with Crippen molar-refractivity contribution in [2.75, 3.05) is 6.54 Å². The number of nitrogens with two attached hydrogens (primary N) is 1. The Balaban J connectivity index is 2.74. The summed E-state index contributed by atoms with van der Waals surface area (Å²) in [7, 11) is 0. The first-order valence-electron chi connectivity index (χ1n) is 5.94. The summed E-state index contributed by atoms with van der Waals surface area (Å²) in [6.45, 7) is 7.35. The van der Waals surface area contributed by atoms with Gasteiger partial charge in [-0.25, -0.2) is 4.39 Å². The first kappa shape index (κ1) is 13.2. The van der Waals surface area contributed by atoms with Gasteiger partial charge in [0, 0.05) is 0 Å². The fraction of sp³-hybridized carbons (Fsp3) is 0.571. The molecular formula is C14H22FN. The Labute approximate surface area is 97.9 Å². The molecule has 0 heterocycles. The zero-order valence-corrected chi connectivity index (χ0v) is 10.5. The zero-order chi connectivity index (χ0) is 12.2. The van der Waals surface area contributed by atoms with Gasteiger partial charge in [0.25, 0.3) is 0 Å². The molecule has 0 aromatic heterocycles. The Hall–Kier alpha value is -0.890. The van der Waals surface area contributed by atoms with Gasteiger partial charge in [-0.15, -0.1) is 0 Å². The molecule has 0 amide bonds. The minimum atomic E-state index is -0.178. The summed E-state index contributed by atoms with van der Waals surface area (Å²) in [5, 5.41) is 0. The number of benzene rings is 1. The van der Waals surface area contributed by atoms with Crippen LogP contribution in [0.1, 0.15) is 32.8 Å². The summed E-state index contributed by atoms with van der Waals surface area (Å²) in [4.78, 5) is 0. The molecule has 0 unspecified atom stereocenters. The number of halogens is 1. The molecule has 16 heavy (non-hydrogen) atoms. The molecule has 0 saturated carbocycles. The van der Waals surface area contributed by atoms with E-state index in [2.05, 4.69) is 20.8 Å². The van der Waals surface area contributed by atoms with Gasteiger partial charge in [-0.05, 0) is 42.0 Å². The largest absolute Gasteiger partial charge is 0.330 e. The van der Waals surface area contributed by atoms with E-state index >= 15 is 0 Å². The fourth-order valence-electron chi connectivity index (χ4n) is 1.87. The Morgan fingerprint density at radius 3 is 2.25 bits per heavy atom. The van der Waals surface area contributed by atoms with Crippen LogP contribution in [0.25, 0.3) is 0 Å². The summed E-state index contributed by atoms with van der Waals surface area (Å²) in [6, 6.07) is 6.73. The van der Waals surface area contributed by atoms with Crippen molar-refractivity contribution in [3.8, 4) is 0 Å². The van der Waals surface area contributed by atoms with E-state index < -0.39 is 0 Å². The molecule has 0 aliphatic heterocycles. The fourth-order valence-corrected chi connectivity index (χ4v) is 1.87. The lowest BCUT2D eigenvalue weighted by molar-refractivity contribution is 0.208. The first-order valence-corrected chi connectivity index (χ1v) is 5.94. The monoisotopic (exact) mass is 223 g/mol. The lowest BCUT2D eigenvalue weighted by Crippen LogP contribution is -2.31. The molecule has 1 aromatic rings. The third-order valence-corrected chi connectivity index (χ3v) is 3.70. The second-order valence-electron chi connectivity index (χ2n) is 5.11. The summed E-state index contributed by atoms with van der Waals surface area (Å²) < 4.78 is 12.8. The van der Waals surface area contributed by atoms with Crippen molar-refractivity contribution in [1.29, 1.82) is 0 Å². The van der Waals surface area contributed by atoms with Crippen LogP contribution in [-0.4, -0.2) is 6.54 Å². The van der Waals surface area contributed by atoms with Crippen LogP contribution in [0.15, 0.2) is 24.3 Å². The molecule has 0 aliphatic carbocycles. The lowest BCUT2D eigenvalue weighted by atomic mass is 9.74. The Bertz CT molecular complexity index is 316. The zero-order valence-electron chi connectivity index (χ0n) is 10.5. The van der Waals surface area contributed by atoms with E-state index in [-0.39, 0.29) is 11.2 Å². The van der Waals surface area contributed by atoms with Crippen LogP contribution in [0.5, 0.6) is 0 Å². The summed E-state index contributed by atoms with van der Waals surface area (Å²) in [6.07, 6.45) is 2.04. The van der Waals surface area contributed by atoms with Gasteiger partial charge >= 0.3 is 0 Å². The van der Waals surface area contributed by atoms with Gasteiger partial charge in [-0.3, -0.25) is 0 Å². The van der Waals surface area contributed by atoms with Gasteiger partial charge in [-0.2, -0.15) is 0 Å². The number of rotatable bonds is 5. The van der Waals surface area contributed by atoms with Crippen molar-refractivity contribution in [1.82, 2.24) is 0 Å². The van der Waals surface area contributed by atoms with Crippen LogP contribution in [0, 0.1) is 17.2 Å². The number of hydrogen-bond acceptors (Lipinski definition) is 1. The molecule has 2 N–H and O–H groups in total. The summed E-state index contributed by atoms with van der Waals surface area (Å²) in [5.74, 6) is 0.269. The van der Waals surface area contributed by atoms with Crippen LogP contribution in [-0.2, 0) is 6.42 Å². The minimum Gasteiger partial charge on any atom is -0.330 e. The maximum Gasteiger partial charge on any atom is 0.123 e. The van der Waals surface area contributed by atoms with Crippen LogP contribution < -0.4 is 5.73 Å². The van der Waals surface area contributed by atoms with E-state index in [1.165, 1.54) is 17.7 Å². The normalized spacial score (nSPS) is 13.8. The second kappa shape index (κ2) is 5.44. The molecule has 90 valence electrons. The van der Waals surface area contributed by atoms with E-state index in [0.717, 1.165) is 12.8 Å². The molecular weight excluding hydrogens is 201 g/mol. The van der Waals surface area contributed by atoms with Gasteiger partial charge in [0.2, 0.25) is 0 Å². The van der Waals surface area contributed by atoms with E-state index in [1.807, 2.05) is 12.1 Å². The smallest absolute Gasteiger partial charge is 0.123 e. The molecule has 0 spiro atoms. The van der Waals surface area contributed by atoms with Crippen molar-refractivity contribution in [2.24, 2.45) is 17.1 Å². The van der Waals surface area contributed by atoms with Gasteiger partial charge < -0.3 is 5.73 Å². The van der Waals surface area contributed by atoms with Crippen molar-refractivity contribution >= 4 is 0 Å². The molecule has 2 heteroatoms. The van der Waals surface area contributed by atoms with Crippen LogP contribution in [0.3, 0.4) is 0 Å². The molecule has 1 rings (SSSR count). The second-order valence-corrected chi connectivity index (χ2v) is 5.11. The van der Waals surface area contributed by atoms with Gasteiger partial charge in [0.05, 0.1) is 0 Å². The van der Waals surface area contributed by atoms with E-state index in [1.54, 1.807) is 0 Å². The number of hydrogen-bond donors (Lipinski definition) is 1. The van der Waals surface area contributed by atoms with Crippen molar-refractivity contribution in [3.63, 3.8) is 0 Å². The van der Waals surface area contributed by atoms with Gasteiger partial charge in [0.15, 0.2) is 0 Å². The highest BCUT2D eigenvalue weighted by Crippen LogP contribution is 2.32. The third kappa shape index (κ3) is 3.31. The van der Waals surface area contributed by atoms with Crippen molar-refractivity contribution in [2.45, 2.75) is 33.6 Å². The van der Waals surface area contributed by atoms with Gasteiger partial charge in [0.1, 0.15) is 5.82 Å². The van der Waals surface area contributed by atoms with E-state index in [0.29, 0.717) is 12.5 Å². The van der Waals surface area contributed by atoms with Crippen LogP contribution in [0.2, 0.25) is 0 Å². The maximum atomic E-state index is 12.8. The van der Waals surface area contributed by atoms with Crippen molar-refractivity contribution < 1.29 is 4.39 Å². The molecule has 1 aromatic carbocycles. The Morgan fingerprint density at radius 2 is 1.81 bits per heavy atom. The molecule has 0 saturated heterocycles.